The second-order valence-electron chi connectivity index (χ2n) is 11.6. The maximum absolute atomic E-state index is 15.1. The van der Waals surface area contributed by atoms with Crippen molar-refractivity contribution >= 4 is 23.5 Å². The van der Waals surface area contributed by atoms with Gasteiger partial charge >= 0.3 is 5.97 Å². The number of halogens is 1. The number of amides is 2. The van der Waals surface area contributed by atoms with Crippen LogP contribution in [0.1, 0.15) is 80.8 Å². The molecule has 0 radical (unpaired) electrons. The first-order valence-corrected chi connectivity index (χ1v) is 14.0. The van der Waals surface area contributed by atoms with Gasteiger partial charge < -0.3 is 19.7 Å². The molecular weight excluding hydrogens is 525 g/mol. The molecule has 2 amide bonds. The van der Waals surface area contributed by atoms with Gasteiger partial charge in [-0.2, -0.15) is 5.26 Å². The molecule has 2 aromatic carbocycles. The molecule has 2 aromatic rings. The topological polar surface area (TPSA) is 109 Å². The summed E-state index contributed by atoms with van der Waals surface area (Å²) in [5.74, 6) is -1.47. The molecular formula is C32H38FN3O5. The van der Waals surface area contributed by atoms with Crippen molar-refractivity contribution in [3.8, 4) is 6.07 Å². The highest BCUT2D eigenvalue weighted by atomic mass is 19.1. The summed E-state index contributed by atoms with van der Waals surface area (Å²) in [6, 6.07) is 9.98. The molecule has 2 aliphatic carbocycles. The first-order chi connectivity index (χ1) is 19.5. The summed E-state index contributed by atoms with van der Waals surface area (Å²) in [7, 11) is 1.63. The number of ether oxygens (including phenoxy) is 2. The van der Waals surface area contributed by atoms with E-state index in [9.17, 15) is 14.4 Å². The molecule has 1 N–H and O–H groups in total. The van der Waals surface area contributed by atoms with Crippen molar-refractivity contribution in [3.05, 3.63) is 64.0 Å². The molecule has 1 saturated carbocycles. The number of hydrogen-bond acceptors (Lipinski definition) is 6. The number of carbonyl (C=O) groups excluding carboxylic acids is 3. The molecule has 0 unspecified atom stereocenters. The van der Waals surface area contributed by atoms with E-state index < -0.39 is 6.04 Å². The number of carbonyl (C=O) groups is 3. The minimum atomic E-state index is -0.844. The van der Waals surface area contributed by atoms with E-state index >= 15 is 4.39 Å². The third-order valence-corrected chi connectivity index (χ3v) is 8.19. The van der Waals surface area contributed by atoms with Gasteiger partial charge in [-0.15, -0.1) is 0 Å². The number of anilines is 1. The van der Waals surface area contributed by atoms with Crippen molar-refractivity contribution in [2.45, 2.75) is 84.0 Å². The minimum absolute atomic E-state index is 0.123. The highest BCUT2D eigenvalue weighted by Crippen LogP contribution is 2.42. The van der Waals surface area contributed by atoms with E-state index in [0.717, 1.165) is 35.1 Å². The lowest BCUT2D eigenvalue weighted by molar-refractivity contribution is -0.161. The number of nitrogens with one attached hydrogen (secondary N) is 1. The van der Waals surface area contributed by atoms with E-state index in [1.807, 2.05) is 38.1 Å². The second-order valence-corrected chi connectivity index (χ2v) is 11.6. The smallest absolute Gasteiger partial charge is 0.302 e. The zero-order valence-electron chi connectivity index (χ0n) is 24.4. The summed E-state index contributed by atoms with van der Waals surface area (Å²) in [6.45, 7) is 7.70. The standard InChI is InChI=1S/C30H35FN2O5.C2H3N/c1-17(34)38-23-13-21(14-23)29(36)33-10-8-19-11-18(16-37-4)5-6-24(19)27(33)28(35)32-22-12-20-7-9-30(2,3)26(20)25(31)15-22;1-2-3/h5-6,11-12,15,21,23,27H,7-10,13-14,16H2,1-4H3,(H,32,35);1H3/t21?,23?,27-;/m1./s1. The number of benzene rings is 2. The van der Waals surface area contributed by atoms with Gasteiger partial charge in [0, 0.05) is 39.1 Å². The van der Waals surface area contributed by atoms with Crippen LogP contribution in [0.15, 0.2) is 30.3 Å². The zero-order valence-corrected chi connectivity index (χ0v) is 24.4. The van der Waals surface area contributed by atoms with E-state index in [1.165, 1.54) is 19.9 Å². The fourth-order valence-electron chi connectivity index (χ4n) is 6.26. The monoisotopic (exact) mass is 563 g/mol. The van der Waals surface area contributed by atoms with Crippen LogP contribution >= 0.6 is 0 Å². The number of hydrogen-bond donors (Lipinski definition) is 1. The van der Waals surface area contributed by atoms with Crippen molar-refractivity contribution in [1.82, 2.24) is 4.90 Å². The number of rotatable bonds is 6. The zero-order chi connectivity index (χ0) is 29.9. The number of methoxy groups -OCH3 is 1. The van der Waals surface area contributed by atoms with Crippen molar-refractivity contribution in [3.63, 3.8) is 0 Å². The fourth-order valence-corrected chi connectivity index (χ4v) is 6.26. The second kappa shape index (κ2) is 12.4. The van der Waals surface area contributed by atoms with Crippen molar-refractivity contribution in [2.75, 3.05) is 19.0 Å². The van der Waals surface area contributed by atoms with Crippen LogP contribution in [0.4, 0.5) is 10.1 Å². The number of nitrogens with zero attached hydrogens (tertiary/aromatic N) is 2. The molecule has 0 aromatic heterocycles. The van der Waals surface area contributed by atoms with E-state index in [1.54, 1.807) is 18.1 Å². The summed E-state index contributed by atoms with van der Waals surface area (Å²) in [5.41, 5.74) is 4.55. The molecule has 0 bridgehead atoms. The van der Waals surface area contributed by atoms with E-state index in [-0.39, 0.29) is 41.0 Å². The normalized spacial score (nSPS) is 21.7. The Kier molecular flexibility index (Phi) is 9.13. The Labute approximate surface area is 240 Å². The van der Waals surface area contributed by atoms with Crippen LogP contribution in [0, 0.1) is 23.1 Å². The predicted octanol–water partition coefficient (Wildman–Crippen LogP) is 5.13. The number of fused-ring (bicyclic) bond motifs is 2. The van der Waals surface area contributed by atoms with Crippen LogP contribution in [0.3, 0.4) is 0 Å². The van der Waals surface area contributed by atoms with Crippen LogP contribution in [0.5, 0.6) is 0 Å². The van der Waals surface area contributed by atoms with E-state index in [2.05, 4.69) is 5.32 Å². The van der Waals surface area contributed by atoms with Crippen molar-refractivity contribution in [2.24, 2.45) is 5.92 Å². The van der Waals surface area contributed by atoms with Gasteiger partial charge in [-0.1, -0.05) is 32.0 Å². The van der Waals surface area contributed by atoms with Crippen LogP contribution in [0.25, 0.3) is 0 Å². The Morgan fingerprint density at radius 1 is 1.15 bits per heavy atom. The Hall–Kier alpha value is -3.77. The highest BCUT2D eigenvalue weighted by Gasteiger charge is 2.44. The molecule has 0 spiro atoms. The molecule has 1 atom stereocenters. The van der Waals surface area contributed by atoms with Gasteiger partial charge in [0.2, 0.25) is 5.91 Å². The molecule has 1 fully saturated rings. The quantitative estimate of drug-likeness (QED) is 0.488. The molecule has 1 aliphatic heterocycles. The van der Waals surface area contributed by atoms with Gasteiger partial charge in [0.25, 0.3) is 5.91 Å². The molecule has 3 aliphatic rings. The Balaban J connectivity index is 0.00000124. The number of aryl methyl sites for hydroxylation is 1. The molecule has 1 heterocycles. The lowest BCUT2D eigenvalue weighted by Gasteiger charge is -2.42. The van der Waals surface area contributed by atoms with Crippen LogP contribution in [0.2, 0.25) is 0 Å². The first-order valence-electron chi connectivity index (χ1n) is 14.0. The predicted molar refractivity (Wildman–Crippen MR) is 151 cm³/mol. The lowest BCUT2D eigenvalue weighted by atomic mass is 9.80. The van der Waals surface area contributed by atoms with Crippen molar-refractivity contribution < 1.29 is 28.2 Å². The maximum Gasteiger partial charge on any atom is 0.302 e. The minimum Gasteiger partial charge on any atom is -0.463 e. The van der Waals surface area contributed by atoms with Crippen LogP contribution in [-0.2, 0) is 48.7 Å². The molecule has 5 rings (SSSR count). The average Bonchev–Trinajstić information content (AvgIpc) is 3.19. The van der Waals surface area contributed by atoms with E-state index in [0.29, 0.717) is 43.7 Å². The van der Waals surface area contributed by atoms with Gasteiger partial charge in [-0.05, 0) is 77.5 Å². The fraction of sp³-hybridized carbons (Fsp3) is 0.500. The van der Waals surface area contributed by atoms with Gasteiger partial charge in [0.15, 0.2) is 0 Å². The summed E-state index contributed by atoms with van der Waals surface area (Å²) in [4.78, 5) is 40.3. The summed E-state index contributed by atoms with van der Waals surface area (Å²) < 4.78 is 25.6. The highest BCUT2D eigenvalue weighted by molar-refractivity contribution is 5.99. The van der Waals surface area contributed by atoms with Crippen molar-refractivity contribution in [1.29, 1.82) is 5.26 Å². The Morgan fingerprint density at radius 3 is 2.51 bits per heavy atom. The molecule has 218 valence electrons. The largest absolute Gasteiger partial charge is 0.463 e. The van der Waals surface area contributed by atoms with Gasteiger partial charge in [-0.25, -0.2) is 4.39 Å². The molecule has 41 heavy (non-hydrogen) atoms. The van der Waals surface area contributed by atoms with Gasteiger partial charge in [0.05, 0.1) is 12.7 Å². The molecule has 9 heteroatoms. The summed E-state index contributed by atoms with van der Waals surface area (Å²) in [6.07, 6.45) is 2.87. The van der Waals surface area contributed by atoms with Gasteiger partial charge in [0.1, 0.15) is 18.0 Å². The van der Waals surface area contributed by atoms with Gasteiger partial charge in [-0.3, -0.25) is 14.4 Å². The Bertz CT molecular complexity index is 1380. The third-order valence-electron chi connectivity index (χ3n) is 8.19. The SMILES string of the molecule is CC#N.COCc1ccc2c(c1)CCN(C(=O)C1CC(OC(C)=O)C1)[C@H]2C(=O)Nc1cc(F)c2c(c1)CCC2(C)C. The maximum atomic E-state index is 15.1. The molecule has 8 nitrogen and oxygen atoms in total. The van der Waals surface area contributed by atoms with Crippen LogP contribution < -0.4 is 5.32 Å². The van der Waals surface area contributed by atoms with E-state index in [4.69, 9.17) is 14.7 Å². The first kappa shape index (κ1) is 30.2. The third kappa shape index (κ3) is 6.43. The number of esters is 1. The van der Waals surface area contributed by atoms with Crippen LogP contribution in [-0.4, -0.2) is 42.4 Å². The lowest BCUT2D eigenvalue weighted by Crippen LogP contribution is -2.51. The summed E-state index contributed by atoms with van der Waals surface area (Å²) in [5, 5.41) is 10.2. The molecule has 0 saturated heterocycles. The average molecular weight is 564 g/mol. The summed E-state index contributed by atoms with van der Waals surface area (Å²) >= 11 is 0. The number of nitriles is 1. The Morgan fingerprint density at radius 2 is 1.85 bits per heavy atom.